The lowest BCUT2D eigenvalue weighted by Crippen LogP contribution is -2.55. The number of carbonyl (C=O) groups is 4. The van der Waals surface area contributed by atoms with E-state index in [9.17, 15) is 19.2 Å². The minimum absolute atomic E-state index is 0.0616. The molecule has 10 nitrogen and oxygen atoms in total. The van der Waals surface area contributed by atoms with Crippen molar-refractivity contribution in [2.75, 3.05) is 6.54 Å². The summed E-state index contributed by atoms with van der Waals surface area (Å²) in [5.74, 6) is -1.18. The van der Waals surface area contributed by atoms with Crippen molar-refractivity contribution in [3.63, 3.8) is 0 Å². The van der Waals surface area contributed by atoms with E-state index in [1.165, 1.54) is 0 Å². The van der Waals surface area contributed by atoms with E-state index in [2.05, 4.69) is 25.9 Å². The number of carbonyl (C=O) groups excluding carboxylic acids is 4. The van der Waals surface area contributed by atoms with Crippen molar-refractivity contribution in [3.05, 3.63) is 53.6 Å². The van der Waals surface area contributed by atoms with Crippen LogP contribution >= 0.6 is 0 Å². The Morgan fingerprint density at radius 2 is 1.94 bits per heavy atom. The zero-order valence-corrected chi connectivity index (χ0v) is 20.1. The van der Waals surface area contributed by atoms with Crippen molar-refractivity contribution in [2.45, 2.75) is 64.6 Å². The number of benzene rings is 1. The number of hydrogen-bond donors (Lipinski definition) is 4. The van der Waals surface area contributed by atoms with Gasteiger partial charge in [-0.3, -0.25) is 14.4 Å². The van der Waals surface area contributed by atoms with Crippen LogP contribution in [0.2, 0.25) is 0 Å². The van der Waals surface area contributed by atoms with Crippen molar-refractivity contribution in [2.24, 2.45) is 5.92 Å². The van der Waals surface area contributed by atoms with E-state index in [-0.39, 0.29) is 18.9 Å². The molecule has 1 aliphatic rings. The number of alkyl carbamates (subject to hydrolysis) is 1. The summed E-state index contributed by atoms with van der Waals surface area (Å²) in [5, 5.41) is 7.89. The molecule has 0 saturated carbocycles. The van der Waals surface area contributed by atoms with Gasteiger partial charge in [0.25, 0.3) is 5.91 Å². The van der Waals surface area contributed by atoms with Crippen molar-refractivity contribution in [3.8, 4) is 0 Å². The smallest absolute Gasteiger partial charge is 0.408 e. The van der Waals surface area contributed by atoms with Gasteiger partial charge in [-0.05, 0) is 30.7 Å². The van der Waals surface area contributed by atoms with Gasteiger partial charge in [-0.1, -0.05) is 44.2 Å². The highest BCUT2D eigenvalue weighted by Crippen LogP contribution is 2.10. The number of H-pyrrole nitrogens is 1. The summed E-state index contributed by atoms with van der Waals surface area (Å²) in [6.07, 6.45) is 3.54. The van der Waals surface area contributed by atoms with Crippen LogP contribution in [0.4, 0.5) is 4.79 Å². The molecule has 1 aliphatic heterocycles. The predicted molar refractivity (Wildman–Crippen MR) is 128 cm³/mol. The largest absolute Gasteiger partial charge is 0.445 e. The topological polar surface area (TPSA) is 142 Å². The van der Waals surface area contributed by atoms with E-state index >= 15 is 0 Å². The summed E-state index contributed by atoms with van der Waals surface area (Å²) in [5.41, 5.74) is 1.46. The van der Waals surface area contributed by atoms with Crippen LogP contribution in [0.25, 0.3) is 0 Å². The minimum atomic E-state index is -1.10. The van der Waals surface area contributed by atoms with E-state index in [0.717, 1.165) is 24.2 Å². The lowest BCUT2D eigenvalue weighted by Gasteiger charge is -2.23. The Morgan fingerprint density at radius 3 is 2.69 bits per heavy atom. The lowest BCUT2D eigenvalue weighted by molar-refractivity contribution is -0.140. The number of ketones is 1. The zero-order chi connectivity index (χ0) is 25.2. The Bertz CT molecular complexity index is 1020. The van der Waals surface area contributed by atoms with Gasteiger partial charge in [-0.25, -0.2) is 9.78 Å². The monoisotopic (exact) mass is 483 g/mol. The predicted octanol–water partition coefficient (Wildman–Crippen LogP) is 1.80. The van der Waals surface area contributed by atoms with Gasteiger partial charge in [0.1, 0.15) is 24.5 Å². The molecule has 1 aromatic heterocycles. The molecule has 4 N–H and O–H groups in total. The highest BCUT2D eigenvalue weighted by Gasteiger charge is 2.31. The van der Waals surface area contributed by atoms with Gasteiger partial charge in [0.2, 0.25) is 11.7 Å². The zero-order valence-electron chi connectivity index (χ0n) is 20.1. The highest BCUT2D eigenvalue weighted by molar-refractivity contribution is 6.38. The molecule has 0 fully saturated rings. The summed E-state index contributed by atoms with van der Waals surface area (Å²) in [4.78, 5) is 58.3. The number of aromatic nitrogens is 2. The van der Waals surface area contributed by atoms with E-state index in [1.54, 1.807) is 6.20 Å². The molecule has 3 rings (SSSR count). The first-order valence-electron chi connectivity index (χ1n) is 11.9. The Kier molecular flexibility index (Phi) is 9.39. The summed E-state index contributed by atoms with van der Waals surface area (Å²) in [6.45, 7) is 4.26. The molecule has 2 bridgehead atoms. The van der Waals surface area contributed by atoms with Gasteiger partial charge in [0, 0.05) is 31.3 Å². The SMILES string of the molecule is CC(C)CC(NC(=O)OCc1ccccc1)C(=O)NC1Cc2cnc([nH]2)CCCCNC(=O)C1=O. The number of nitrogens with one attached hydrogen (secondary N) is 4. The molecule has 0 radical (unpaired) electrons. The first-order valence-corrected chi connectivity index (χ1v) is 11.9. The molecule has 188 valence electrons. The Labute approximate surface area is 204 Å². The number of aromatic amines is 1. The summed E-state index contributed by atoms with van der Waals surface area (Å²) in [6, 6.07) is 7.15. The van der Waals surface area contributed by atoms with Crippen LogP contribution in [0.3, 0.4) is 0 Å². The van der Waals surface area contributed by atoms with E-state index in [0.29, 0.717) is 25.1 Å². The second-order valence-corrected chi connectivity index (χ2v) is 9.09. The fraction of sp³-hybridized carbons (Fsp3) is 0.480. The minimum Gasteiger partial charge on any atom is -0.445 e. The normalized spacial score (nSPS) is 17.5. The molecule has 2 atom stereocenters. The second-order valence-electron chi connectivity index (χ2n) is 9.09. The quantitative estimate of drug-likeness (QED) is 0.443. The van der Waals surface area contributed by atoms with Crippen molar-refractivity contribution in [1.29, 1.82) is 0 Å². The van der Waals surface area contributed by atoms with Crippen LogP contribution in [-0.4, -0.2) is 52.3 Å². The number of imidazole rings is 1. The number of hydrogen-bond acceptors (Lipinski definition) is 6. The van der Waals surface area contributed by atoms with E-state index in [1.807, 2.05) is 44.2 Å². The third-order valence-electron chi connectivity index (χ3n) is 5.62. The Morgan fingerprint density at radius 1 is 1.17 bits per heavy atom. The second kappa shape index (κ2) is 12.7. The van der Waals surface area contributed by atoms with E-state index < -0.39 is 35.8 Å². The van der Waals surface area contributed by atoms with Crippen LogP contribution in [0, 0.1) is 5.92 Å². The van der Waals surface area contributed by atoms with Crippen molar-refractivity contribution < 1.29 is 23.9 Å². The first-order chi connectivity index (χ1) is 16.8. The molecule has 2 aromatic rings. The van der Waals surface area contributed by atoms with E-state index in [4.69, 9.17) is 4.74 Å². The molecule has 0 aliphatic carbocycles. The molecule has 0 spiro atoms. The average Bonchev–Trinajstić information content (AvgIpc) is 3.28. The fourth-order valence-electron chi connectivity index (χ4n) is 3.81. The Hall–Kier alpha value is -3.69. The highest BCUT2D eigenvalue weighted by atomic mass is 16.5. The summed E-state index contributed by atoms with van der Waals surface area (Å²) < 4.78 is 5.26. The standard InChI is InChI=1S/C25H33N5O5/c1-16(2)12-20(30-25(34)35-15-17-8-4-3-5-9-17)23(32)29-19-13-18-14-27-21(28-18)10-6-7-11-26-24(33)22(19)31/h3-5,8-9,14,16,19-20H,6-7,10-13,15H2,1-2H3,(H,26,33)(H,27,28)(H,29,32)(H,30,34). The Balaban J connectivity index is 1.69. The average molecular weight is 484 g/mol. The molecule has 2 unspecified atom stereocenters. The van der Waals surface area contributed by atoms with Crippen LogP contribution in [0.5, 0.6) is 0 Å². The number of nitrogens with zero attached hydrogens (tertiary/aromatic N) is 1. The maximum atomic E-state index is 13.2. The molecular weight excluding hydrogens is 450 g/mol. The fourth-order valence-corrected chi connectivity index (χ4v) is 3.81. The first kappa shape index (κ1) is 25.9. The van der Waals surface area contributed by atoms with Gasteiger partial charge >= 0.3 is 6.09 Å². The van der Waals surface area contributed by atoms with Crippen molar-refractivity contribution >= 4 is 23.7 Å². The summed E-state index contributed by atoms with van der Waals surface area (Å²) in [7, 11) is 0. The lowest BCUT2D eigenvalue weighted by atomic mass is 10.0. The molecule has 35 heavy (non-hydrogen) atoms. The summed E-state index contributed by atoms with van der Waals surface area (Å²) >= 11 is 0. The van der Waals surface area contributed by atoms with Gasteiger partial charge in [-0.2, -0.15) is 0 Å². The number of amides is 3. The third-order valence-corrected chi connectivity index (χ3v) is 5.62. The van der Waals surface area contributed by atoms with Crippen LogP contribution in [-0.2, 0) is 38.6 Å². The molecular formula is C25H33N5O5. The maximum Gasteiger partial charge on any atom is 0.408 e. The number of Topliss-reactive ketones (excluding diaryl/α,β-unsaturated/α-hetero) is 1. The molecule has 1 aromatic carbocycles. The number of rotatable bonds is 7. The molecule has 2 heterocycles. The van der Waals surface area contributed by atoms with Gasteiger partial charge in [0.05, 0.1) is 0 Å². The van der Waals surface area contributed by atoms with Gasteiger partial charge in [-0.15, -0.1) is 0 Å². The van der Waals surface area contributed by atoms with Crippen molar-refractivity contribution in [1.82, 2.24) is 25.9 Å². The number of aryl methyl sites for hydroxylation is 1. The number of fused-ring (bicyclic) bond motifs is 2. The molecule has 0 saturated heterocycles. The van der Waals surface area contributed by atoms with Crippen LogP contribution < -0.4 is 16.0 Å². The molecule has 10 heteroatoms. The van der Waals surface area contributed by atoms with Crippen LogP contribution in [0.15, 0.2) is 36.5 Å². The molecule has 3 amide bonds. The van der Waals surface area contributed by atoms with Gasteiger partial charge < -0.3 is 25.7 Å². The van der Waals surface area contributed by atoms with Crippen LogP contribution in [0.1, 0.15) is 50.2 Å². The van der Waals surface area contributed by atoms with Gasteiger partial charge in [0.15, 0.2) is 0 Å². The number of ether oxygens (including phenoxy) is 1. The third kappa shape index (κ3) is 8.24. The maximum absolute atomic E-state index is 13.2.